The fourth-order valence-electron chi connectivity index (χ4n) is 2.16. The highest BCUT2D eigenvalue weighted by Crippen LogP contribution is 2.37. The SMILES string of the molecule is CCOC1(OCC)CCCC(C)=C1C. The van der Waals surface area contributed by atoms with Gasteiger partial charge < -0.3 is 9.47 Å². The van der Waals surface area contributed by atoms with E-state index in [1.807, 2.05) is 13.8 Å². The zero-order valence-corrected chi connectivity index (χ0v) is 9.85. The highest BCUT2D eigenvalue weighted by atomic mass is 16.7. The Balaban J connectivity index is 2.89. The van der Waals surface area contributed by atoms with Gasteiger partial charge in [-0.2, -0.15) is 0 Å². The summed E-state index contributed by atoms with van der Waals surface area (Å²) in [6, 6.07) is 0. The first-order valence-electron chi connectivity index (χ1n) is 5.61. The molecule has 0 heterocycles. The number of hydrogen-bond donors (Lipinski definition) is 0. The average Bonchev–Trinajstić information content (AvgIpc) is 2.15. The first-order valence-corrected chi connectivity index (χ1v) is 5.61. The molecular weight excluding hydrogens is 176 g/mol. The van der Waals surface area contributed by atoms with E-state index in [0.29, 0.717) is 13.2 Å². The summed E-state index contributed by atoms with van der Waals surface area (Å²) < 4.78 is 11.6. The van der Waals surface area contributed by atoms with E-state index in [1.165, 1.54) is 24.0 Å². The highest BCUT2D eigenvalue weighted by molar-refractivity contribution is 5.21. The van der Waals surface area contributed by atoms with Gasteiger partial charge in [0.25, 0.3) is 0 Å². The Morgan fingerprint density at radius 2 is 1.71 bits per heavy atom. The summed E-state index contributed by atoms with van der Waals surface area (Å²) in [6.45, 7) is 9.80. The topological polar surface area (TPSA) is 18.5 Å². The number of hydrogen-bond acceptors (Lipinski definition) is 2. The molecule has 1 aliphatic rings. The summed E-state index contributed by atoms with van der Waals surface area (Å²) in [7, 11) is 0. The maximum Gasteiger partial charge on any atom is 0.190 e. The van der Waals surface area contributed by atoms with E-state index < -0.39 is 5.79 Å². The molecule has 0 aromatic rings. The van der Waals surface area contributed by atoms with Crippen molar-refractivity contribution in [1.82, 2.24) is 0 Å². The Morgan fingerprint density at radius 1 is 1.14 bits per heavy atom. The van der Waals surface area contributed by atoms with Crippen molar-refractivity contribution in [3.05, 3.63) is 11.1 Å². The van der Waals surface area contributed by atoms with Crippen molar-refractivity contribution in [3.8, 4) is 0 Å². The van der Waals surface area contributed by atoms with Crippen LogP contribution >= 0.6 is 0 Å². The Hall–Kier alpha value is -0.340. The minimum Gasteiger partial charge on any atom is -0.346 e. The molecule has 1 rings (SSSR count). The lowest BCUT2D eigenvalue weighted by molar-refractivity contribution is -0.214. The Labute approximate surface area is 87.3 Å². The molecule has 0 bridgehead atoms. The fraction of sp³-hybridized carbons (Fsp3) is 0.833. The van der Waals surface area contributed by atoms with E-state index >= 15 is 0 Å². The molecule has 2 nitrogen and oxygen atoms in total. The maximum atomic E-state index is 5.81. The van der Waals surface area contributed by atoms with Crippen LogP contribution < -0.4 is 0 Å². The van der Waals surface area contributed by atoms with Crippen molar-refractivity contribution in [2.75, 3.05) is 13.2 Å². The largest absolute Gasteiger partial charge is 0.346 e. The third-order valence-electron chi connectivity index (χ3n) is 3.02. The Kier molecular flexibility index (Phi) is 4.14. The molecule has 0 spiro atoms. The van der Waals surface area contributed by atoms with E-state index in [1.54, 1.807) is 0 Å². The lowest BCUT2D eigenvalue weighted by Gasteiger charge is -2.38. The third kappa shape index (κ3) is 2.18. The van der Waals surface area contributed by atoms with Gasteiger partial charge in [-0.15, -0.1) is 0 Å². The van der Waals surface area contributed by atoms with Crippen molar-refractivity contribution >= 4 is 0 Å². The minimum absolute atomic E-state index is 0.411. The van der Waals surface area contributed by atoms with Gasteiger partial charge in [-0.05, 0) is 46.1 Å². The summed E-state index contributed by atoms with van der Waals surface area (Å²) in [6.07, 6.45) is 3.36. The lowest BCUT2D eigenvalue weighted by atomic mass is 9.88. The molecule has 0 aromatic carbocycles. The summed E-state index contributed by atoms with van der Waals surface area (Å²) >= 11 is 0. The highest BCUT2D eigenvalue weighted by Gasteiger charge is 2.36. The van der Waals surface area contributed by atoms with Crippen LogP contribution in [0.15, 0.2) is 11.1 Å². The number of ether oxygens (including phenoxy) is 2. The average molecular weight is 198 g/mol. The summed E-state index contributed by atoms with van der Waals surface area (Å²) in [5.74, 6) is -0.411. The minimum atomic E-state index is -0.411. The van der Waals surface area contributed by atoms with Crippen LogP contribution in [0.1, 0.15) is 47.0 Å². The number of allylic oxidation sites excluding steroid dienone is 1. The lowest BCUT2D eigenvalue weighted by Crippen LogP contribution is -2.40. The summed E-state index contributed by atoms with van der Waals surface area (Å²) in [5.41, 5.74) is 2.71. The normalized spacial score (nSPS) is 21.4. The van der Waals surface area contributed by atoms with Gasteiger partial charge in [-0.3, -0.25) is 0 Å². The zero-order valence-electron chi connectivity index (χ0n) is 9.85. The van der Waals surface area contributed by atoms with Gasteiger partial charge in [0.05, 0.1) is 0 Å². The third-order valence-corrected chi connectivity index (χ3v) is 3.02. The molecule has 2 heteroatoms. The van der Waals surface area contributed by atoms with Gasteiger partial charge >= 0.3 is 0 Å². The monoisotopic (exact) mass is 198 g/mol. The van der Waals surface area contributed by atoms with E-state index in [0.717, 1.165) is 6.42 Å². The molecule has 0 saturated carbocycles. The van der Waals surface area contributed by atoms with E-state index in [4.69, 9.17) is 9.47 Å². The molecule has 0 saturated heterocycles. The first kappa shape index (κ1) is 11.7. The molecule has 0 aliphatic heterocycles. The van der Waals surface area contributed by atoms with Crippen molar-refractivity contribution in [3.63, 3.8) is 0 Å². The van der Waals surface area contributed by atoms with Gasteiger partial charge in [0, 0.05) is 19.6 Å². The quantitative estimate of drug-likeness (QED) is 0.510. The molecule has 0 radical (unpaired) electrons. The van der Waals surface area contributed by atoms with E-state index in [-0.39, 0.29) is 0 Å². The molecule has 0 amide bonds. The van der Waals surface area contributed by atoms with E-state index in [2.05, 4.69) is 13.8 Å². The van der Waals surface area contributed by atoms with Crippen LogP contribution in [0.2, 0.25) is 0 Å². The van der Waals surface area contributed by atoms with Crippen LogP contribution in [0.5, 0.6) is 0 Å². The standard InChI is InChI=1S/C12H22O2/c1-5-13-12(14-6-2)9-7-8-10(3)11(12)4/h5-9H2,1-4H3. The van der Waals surface area contributed by atoms with Crippen molar-refractivity contribution in [2.45, 2.75) is 52.7 Å². The molecule has 0 fully saturated rings. The van der Waals surface area contributed by atoms with Gasteiger partial charge in [0.15, 0.2) is 5.79 Å². The molecule has 0 atom stereocenters. The van der Waals surface area contributed by atoms with Crippen LogP contribution in [0.3, 0.4) is 0 Å². The predicted molar refractivity (Wildman–Crippen MR) is 58.2 cm³/mol. The molecule has 14 heavy (non-hydrogen) atoms. The van der Waals surface area contributed by atoms with E-state index in [9.17, 15) is 0 Å². The van der Waals surface area contributed by atoms with Crippen molar-refractivity contribution < 1.29 is 9.47 Å². The summed E-state index contributed by atoms with van der Waals surface area (Å²) in [4.78, 5) is 0. The van der Waals surface area contributed by atoms with Crippen LogP contribution in [0, 0.1) is 0 Å². The second kappa shape index (κ2) is 4.94. The second-order valence-electron chi connectivity index (χ2n) is 3.88. The molecule has 0 unspecified atom stereocenters. The Bertz CT molecular complexity index is 212. The first-order chi connectivity index (χ1) is 6.66. The molecular formula is C12H22O2. The number of rotatable bonds is 4. The smallest absolute Gasteiger partial charge is 0.190 e. The van der Waals surface area contributed by atoms with Crippen LogP contribution in [0.4, 0.5) is 0 Å². The maximum absolute atomic E-state index is 5.81. The van der Waals surface area contributed by atoms with Crippen molar-refractivity contribution in [1.29, 1.82) is 0 Å². The van der Waals surface area contributed by atoms with Gasteiger partial charge in [0.2, 0.25) is 0 Å². The molecule has 0 N–H and O–H groups in total. The van der Waals surface area contributed by atoms with Crippen LogP contribution in [-0.4, -0.2) is 19.0 Å². The van der Waals surface area contributed by atoms with Crippen LogP contribution in [0.25, 0.3) is 0 Å². The molecule has 0 aromatic heterocycles. The summed E-state index contributed by atoms with van der Waals surface area (Å²) in [5, 5.41) is 0. The molecule has 1 aliphatic carbocycles. The van der Waals surface area contributed by atoms with Crippen LogP contribution in [-0.2, 0) is 9.47 Å². The van der Waals surface area contributed by atoms with Gasteiger partial charge in [-0.25, -0.2) is 0 Å². The zero-order chi connectivity index (χ0) is 10.6. The van der Waals surface area contributed by atoms with Crippen molar-refractivity contribution in [2.24, 2.45) is 0 Å². The fourth-order valence-corrected chi connectivity index (χ4v) is 2.16. The molecule has 82 valence electrons. The Morgan fingerprint density at radius 3 is 2.21 bits per heavy atom. The van der Waals surface area contributed by atoms with Gasteiger partial charge in [0.1, 0.15) is 0 Å². The second-order valence-corrected chi connectivity index (χ2v) is 3.88. The van der Waals surface area contributed by atoms with Gasteiger partial charge in [-0.1, -0.05) is 5.57 Å². The predicted octanol–water partition coefficient (Wildman–Crippen LogP) is 3.28.